The smallest absolute Gasteiger partial charge is 0.120 e. The number of nitrogens with one attached hydrogen (secondary N) is 1. The molecule has 1 heterocycles. The summed E-state index contributed by atoms with van der Waals surface area (Å²) in [6.45, 7) is 4.93. The van der Waals surface area contributed by atoms with Crippen molar-refractivity contribution in [3.05, 3.63) is 24.2 Å². The van der Waals surface area contributed by atoms with E-state index in [0.29, 0.717) is 6.04 Å². The van der Waals surface area contributed by atoms with Gasteiger partial charge < -0.3 is 9.73 Å². The van der Waals surface area contributed by atoms with Crippen molar-refractivity contribution in [3.8, 4) is 11.8 Å². The molecule has 2 nitrogen and oxygen atoms in total. The third kappa shape index (κ3) is 3.27. The fourth-order valence-electron chi connectivity index (χ4n) is 1.37. The first-order valence-corrected chi connectivity index (χ1v) is 5.04. The molecule has 0 bridgehead atoms. The molecule has 0 aromatic carbocycles. The van der Waals surface area contributed by atoms with Crippen molar-refractivity contribution < 1.29 is 4.42 Å². The number of furan rings is 1. The number of hydrogen-bond donors (Lipinski definition) is 1. The molecule has 0 saturated carbocycles. The van der Waals surface area contributed by atoms with Gasteiger partial charge in [-0.15, -0.1) is 11.8 Å². The van der Waals surface area contributed by atoms with E-state index in [1.165, 1.54) is 0 Å². The maximum atomic E-state index is 5.35. The molecule has 1 unspecified atom stereocenters. The van der Waals surface area contributed by atoms with Crippen molar-refractivity contribution in [2.45, 2.75) is 32.7 Å². The Kier molecular flexibility index (Phi) is 4.88. The van der Waals surface area contributed by atoms with Crippen LogP contribution in [0.5, 0.6) is 0 Å². The lowest BCUT2D eigenvalue weighted by Crippen LogP contribution is -2.21. The summed E-state index contributed by atoms with van der Waals surface area (Å²) in [5.74, 6) is 6.92. The quantitative estimate of drug-likeness (QED) is 0.572. The van der Waals surface area contributed by atoms with Gasteiger partial charge in [0.25, 0.3) is 0 Å². The zero-order chi connectivity index (χ0) is 10.2. The van der Waals surface area contributed by atoms with Gasteiger partial charge in [-0.3, -0.25) is 0 Å². The fraction of sp³-hybridized carbons (Fsp3) is 0.500. The predicted molar refractivity (Wildman–Crippen MR) is 57.8 cm³/mol. The Morgan fingerprint density at radius 1 is 1.57 bits per heavy atom. The second-order valence-electron chi connectivity index (χ2n) is 3.11. The van der Waals surface area contributed by atoms with E-state index in [2.05, 4.69) is 24.1 Å². The first kappa shape index (κ1) is 10.9. The van der Waals surface area contributed by atoms with Crippen molar-refractivity contribution in [2.75, 3.05) is 6.54 Å². The molecule has 0 saturated heterocycles. The van der Waals surface area contributed by atoms with E-state index in [4.69, 9.17) is 4.42 Å². The summed E-state index contributed by atoms with van der Waals surface area (Å²) in [6.07, 6.45) is 3.65. The average Bonchev–Trinajstić information content (AvgIpc) is 2.71. The molecule has 14 heavy (non-hydrogen) atoms. The van der Waals surface area contributed by atoms with Crippen LogP contribution < -0.4 is 5.32 Å². The summed E-state index contributed by atoms with van der Waals surface area (Å²) in [5.41, 5.74) is 0. The Labute approximate surface area is 85.7 Å². The van der Waals surface area contributed by atoms with Crippen LogP contribution >= 0.6 is 0 Å². The van der Waals surface area contributed by atoms with Gasteiger partial charge in [0, 0.05) is 13.0 Å². The van der Waals surface area contributed by atoms with Gasteiger partial charge >= 0.3 is 0 Å². The first-order valence-electron chi connectivity index (χ1n) is 5.04. The van der Waals surface area contributed by atoms with E-state index in [9.17, 15) is 0 Å². The zero-order valence-electron chi connectivity index (χ0n) is 8.84. The van der Waals surface area contributed by atoms with Crippen LogP contribution in [0.3, 0.4) is 0 Å². The lowest BCUT2D eigenvalue weighted by molar-refractivity contribution is 0.407. The molecular formula is C12H17NO. The molecule has 0 aliphatic rings. The van der Waals surface area contributed by atoms with E-state index in [-0.39, 0.29) is 0 Å². The highest BCUT2D eigenvalue weighted by atomic mass is 16.3. The van der Waals surface area contributed by atoms with Crippen molar-refractivity contribution >= 4 is 0 Å². The normalized spacial score (nSPS) is 11.9. The predicted octanol–water partition coefficient (Wildman–Crippen LogP) is 2.73. The average molecular weight is 191 g/mol. The maximum Gasteiger partial charge on any atom is 0.120 e. The van der Waals surface area contributed by atoms with Gasteiger partial charge in [0.05, 0.1) is 12.3 Å². The second kappa shape index (κ2) is 6.28. The van der Waals surface area contributed by atoms with Crippen LogP contribution in [0.1, 0.15) is 38.5 Å². The molecule has 0 aliphatic heterocycles. The fourth-order valence-corrected chi connectivity index (χ4v) is 1.37. The Bertz CT molecular complexity index is 292. The Morgan fingerprint density at radius 3 is 3.00 bits per heavy atom. The third-order valence-corrected chi connectivity index (χ3v) is 2.11. The molecule has 0 spiro atoms. The Morgan fingerprint density at radius 2 is 2.43 bits per heavy atom. The second-order valence-corrected chi connectivity index (χ2v) is 3.11. The van der Waals surface area contributed by atoms with E-state index in [1.807, 2.05) is 19.1 Å². The summed E-state index contributed by atoms with van der Waals surface area (Å²) >= 11 is 0. The molecule has 0 radical (unpaired) electrons. The standard InChI is InChI=1S/C12H17NO/c1-3-5-6-9-13-11(4-2)12-8-7-10-14-12/h7-8,10-11,13H,4,6,9H2,1-2H3. The minimum Gasteiger partial charge on any atom is -0.468 e. The third-order valence-electron chi connectivity index (χ3n) is 2.11. The van der Waals surface area contributed by atoms with Crippen LogP contribution in [-0.4, -0.2) is 6.54 Å². The number of hydrogen-bond acceptors (Lipinski definition) is 2. The van der Waals surface area contributed by atoms with Crippen LogP contribution in [0.2, 0.25) is 0 Å². The minimum atomic E-state index is 0.323. The summed E-state index contributed by atoms with van der Waals surface area (Å²) in [6, 6.07) is 4.25. The topological polar surface area (TPSA) is 25.2 Å². The van der Waals surface area contributed by atoms with E-state index < -0.39 is 0 Å². The largest absolute Gasteiger partial charge is 0.468 e. The minimum absolute atomic E-state index is 0.323. The Balaban J connectivity index is 2.35. The van der Waals surface area contributed by atoms with Crippen LogP contribution in [0, 0.1) is 11.8 Å². The van der Waals surface area contributed by atoms with Crippen LogP contribution in [-0.2, 0) is 0 Å². The zero-order valence-corrected chi connectivity index (χ0v) is 8.84. The molecule has 0 amide bonds. The van der Waals surface area contributed by atoms with Crippen LogP contribution in [0.4, 0.5) is 0 Å². The maximum absolute atomic E-state index is 5.35. The van der Waals surface area contributed by atoms with Gasteiger partial charge in [0.15, 0.2) is 0 Å². The van der Waals surface area contributed by atoms with E-state index >= 15 is 0 Å². The molecule has 76 valence electrons. The number of rotatable bonds is 5. The lowest BCUT2D eigenvalue weighted by atomic mass is 10.1. The van der Waals surface area contributed by atoms with Crippen molar-refractivity contribution in [1.29, 1.82) is 0 Å². The molecule has 0 aliphatic carbocycles. The van der Waals surface area contributed by atoms with Crippen LogP contribution in [0.25, 0.3) is 0 Å². The van der Waals surface area contributed by atoms with Gasteiger partial charge in [0.1, 0.15) is 5.76 Å². The lowest BCUT2D eigenvalue weighted by Gasteiger charge is -2.12. The summed E-state index contributed by atoms with van der Waals surface area (Å²) in [7, 11) is 0. The van der Waals surface area contributed by atoms with E-state index in [0.717, 1.165) is 25.1 Å². The summed E-state index contributed by atoms with van der Waals surface area (Å²) in [5, 5.41) is 3.41. The van der Waals surface area contributed by atoms with Crippen LogP contribution in [0.15, 0.2) is 22.8 Å². The molecule has 0 fully saturated rings. The molecule has 1 rings (SSSR count). The summed E-state index contributed by atoms with van der Waals surface area (Å²) < 4.78 is 5.35. The molecule has 1 aromatic heterocycles. The highest BCUT2D eigenvalue weighted by molar-refractivity contribution is 5.04. The Hall–Kier alpha value is -1.20. The molecule has 1 N–H and O–H groups in total. The highest BCUT2D eigenvalue weighted by Crippen LogP contribution is 2.16. The molecule has 1 aromatic rings. The van der Waals surface area contributed by atoms with Gasteiger partial charge in [-0.1, -0.05) is 6.92 Å². The summed E-state index contributed by atoms with van der Waals surface area (Å²) in [4.78, 5) is 0. The molecular weight excluding hydrogens is 174 g/mol. The SMILES string of the molecule is CC#CCCNC(CC)c1ccco1. The highest BCUT2D eigenvalue weighted by Gasteiger charge is 2.09. The van der Waals surface area contributed by atoms with Gasteiger partial charge in [-0.2, -0.15) is 0 Å². The van der Waals surface area contributed by atoms with E-state index in [1.54, 1.807) is 6.26 Å². The molecule has 1 atom stereocenters. The van der Waals surface area contributed by atoms with Crippen molar-refractivity contribution in [1.82, 2.24) is 5.32 Å². The molecule has 2 heteroatoms. The van der Waals surface area contributed by atoms with Crippen molar-refractivity contribution in [3.63, 3.8) is 0 Å². The van der Waals surface area contributed by atoms with Gasteiger partial charge in [0.2, 0.25) is 0 Å². The van der Waals surface area contributed by atoms with Crippen molar-refractivity contribution in [2.24, 2.45) is 0 Å². The van der Waals surface area contributed by atoms with Gasteiger partial charge in [-0.05, 0) is 25.5 Å². The first-order chi connectivity index (χ1) is 6.88. The monoisotopic (exact) mass is 191 g/mol. The van der Waals surface area contributed by atoms with Gasteiger partial charge in [-0.25, -0.2) is 0 Å².